The summed E-state index contributed by atoms with van der Waals surface area (Å²) in [6, 6.07) is 5.47. The Bertz CT molecular complexity index is 897. The van der Waals surface area contributed by atoms with Crippen LogP contribution in [0.5, 0.6) is 11.5 Å². The van der Waals surface area contributed by atoms with Gasteiger partial charge in [-0.1, -0.05) is 5.16 Å². The van der Waals surface area contributed by atoms with Crippen LogP contribution in [0.4, 0.5) is 5.13 Å². The maximum absolute atomic E-state index is 12.4. The number of carbonyl (C=O) groups is 1. The summed E-state index contributed by atoms with van der Waals surface area (Å²) in [5, 5.41) is 8.89. The third-order valence-corrected chi connectivity index (χ3v) is 4.43. The minimum Gasteiger partial charge on any atom is -0.497 e. The molecule has 25 heavy (non-hydrogen) atoms. The van der Waals surface area contributed by atoms with Crippen LogP contribution in [-0.4, -0.2) is 30.3 Å². The fraction of sp³-hybridized carbons (Fsp3) is 0.235. The number of aromatic nitrogens is 2. The number of hydrogen-bond donors (Lipinski definition) is 1. The van der Waals surface area contributed by atoms with Crippen LogP contribution in [0.3, 0.4) is 0 Å². The molecule has 0 aliphatic rings. The van der Waals surface area contributed by atoms with Crippen molar-refractivity contribution < 1.29 is 18.8 Å². The second-order valence-electron chi connectivity index (χ2n) is 5.26. The molecule has 0 bridgehead atoms. The minimum absolute atomic E-state index is 0.297. The van der Waals surface area contributed by atoms with E-state index in [9.17, 15) is 4.79 Å². The molecule has 0 unspecified atom stereocenters. The van der Waals surface area contributed by atoms with Crippen LogP contribution in [0.2, 0.25) is 0 Å². The number of hydrogen-bond acceptors (Lipinski definition) is 7. The normalized spacial score (nSPS) is 10.6. The van der Waals surface area contributed by atoms with Crippen LogP contribution in [0.1, 0.15) is 21.8 Å². The highest BCUT2D eigenvalue weighted by atomic mass is 32.1. The fourth-order valence-corrected chi connectivity index (χ4v) is 3.14. The first kappa shape index (κ1) is 17.0. The van der Waals surface area contributed by atoms with Gasteiger partial charge in [0.25, 0.3) is 5.91 Å². The van der Waals surface area contributed by atoms with Gasteiger partial charge in [-0.2, -0.15) is 0 Å². The number of anilines is 1. The highest BCUT2D eigenvalue weighted by Crippen LogP contribution is 2.35. The van der Waals surface area contributed by atoms with E-state index in [1.165, 1.54) is 11.3 Å². The Morgan fingerprint density at radius 3 is 2.68 bits per heavy atom. The zero-order valence-corrected chi connectivity index (χ0v) is 15.1. The van der Waals surface area contributed by atoms with E-state index in [0.29, 0.717) is 39.3 Å². The van der Waals surface area contributed by atoms with Crippen LogP contribution >= 0.6 is 11.3 Å². The summed E-state index contributed by atoms with van der Waals surface area (Å²) < 4.78 is 15.7. The number of nitrogens with zero attached hydrogens (tertiary/aromatic N) is 2. The smallest absolute Gasteiger partial charge is 0.262 e. The highest BCUT2D eigenvalue weighted by Gasteiger charge is 2.19. The Labute approximate surface area is 148 Å². The molecule has 7 nitrogen and oxygen atoms in total. The largest absolute Gasteiger partial charge is 0.497 e. The zero-order valence-electron chi connectivity index (χ0n) is 14.2. The van der Waals surface area contributed by atoms with Crippen LogP contribution < -0.4 is 14.8 Å². The molecule has 0 spiro atoms. The van der Waals surface area contributed by atoms with E-state index in [2.05, 4.69) is 15.5 Å². The lowest BCUT2D eigenvalue weighted by molar-refractivity contribution is 0.102. The summed E-state index contributed by atoms with van der Waals surface area (Å²) >= 11 is 1.32. The number of methoxy groups -OCH3 is 2. The average molecular weight is 359 g/mol. The van der Waals surface area contributed by atoms with Crippen molar-refractivity contribution in [1.29, 1.82) is 0 Å². The predicted octanol–water partition coefficient (Wildman–Crippen LogP) is 3.68. The summed E-state index contributed by atoms with van der Waals surface area (Å²) in [5.74, 6) is 1.55. The molecule has 0 aliphatic carbocycles. The molecule has 130 valence electrons. The van der Waals surface area contributed by atoms with E-state index in [1.807, 2.05) is 23.6 Å². The number of aryl methyl sites for hydroxylation is 2. The lowest BCUT2D eigenvalue weighted by Gasteiger charge is -2.08. The van der Waals surface area contributed by atoms with E-state index in [-0.39, 0.29) is 5.91 Å². The second-order valence-corrected chi connectivity index (χ2v) is 6.12. The first-order valence-corrected chi connectivity index (χ1v) is 8.33. The van der Waals surface area contributed by atoms with E-state index < -0.39 is 0 Å². The van der Waals surface area contributed by atoms with E-state index in [0.717, 1.165) is 5.56 Å². The van der Waals surface area contributed by atoms with Crippen molar-refractivity contribution in [3.05, 3.63) is 40.6 Å². The Hall–Kier alpha value is -2.87. The third kappa shape index (κ3) is 3.34. The van der Waals surface area contributed by atoms with Crippen molar-refractivity contribution >= 4 is 22.4 Å². The molecule has 0 aliphatic heterocycles. The topological polar surface area (TPSA) is 86.5 Å². The van der Waals surface area contributed by atoms with Gasteiger partial charge in [0.15, 0.2) is 5.13 Å². The molecule has 3 rings (SSSR count). The number of rotatable bonds is 5. The van der Waals surface area contributed by atoms with Gasteiger partial charge < -0.3 is 14.0 Å². The van der Waals surface area contributed by atoms with Gasteiger partial charge in [-0.15, -0.1) is 11.3 Å². The van der Waals surface area contributed by atoms with Gasteiger partial charge in [-0.05, 0) is 32.0 Å². The lowest BCUT2D eigenvalue weighted by atomic mass is 10.1. The quantitative estimate of drug-likeness (QED) is 0.748. The SMILES string of the molecule is COc1ccc(OC)c(-c2csc(NC(=O)c3c(C)noc3C)n2)c1. The molecule has 0 radical (unpaired) electrons. The molecule has 2 aromatic heterocycles. The molecule has 2 heterocycles. The molecule has 1 aromatic carbocycles. The number of amides is 1. The van der Waals surface area contributed by atoms with E-state index in [4.69, 9.17) is 14.0 Å². The van der Waals surface area contributed by atoms with Gasteiger partial charge in [0.05, 0.1) is 25.6 Å². The number of thiazole rings is 1. The number of benzene rings is 1. The summed E-state index contributed by atoms with van der Waals surface area (Å²) in [5.41, 5.74) is 2.45. The molecule has 8 heteroatoms. The van der Waals surface area contributed by atoms with Crippen molar-refractivity contribution in [3.63, 3.8) is 0 Å². The van der Waals surface area contributed by atoms with Crippen LogP contribution in [0.15, 0.2) is 28.1 Å². The van der Waals surface area contributed by atoms with Crippen molar-refractivity contribution in [2.75, 3.05) is 19.5 Å². The minimum atomic E-state index is -0.297. The average Bonchev–Trinajstić information content (AvgIpc) is 3.20. The second kappa shape index (κ2) is 6.94. The standard InChI is InChI=1S/C17H17N3O4S/c1-9-15(10(2)24-20-9)16(21)19-17-18-13(8-25-17)12-7-11(22-3)5-6-14(12)23-4/h5-8H,1-4H3,(H,18,19,21). The number of ether oxygens (including phenoxy) is 2. The molecule has 0 saturated heterocycles. The molecule has 1 amide bonds. The molecule has 0 atom stereocenters. The Balaban J connectivity index is 1.87. The molecule has 3 aromatic rings. The maximum atomic E-state index is 12.4. The first-order valence-electron chi connectivity index (χ1n) is 7.45. The number of carbonyl (C=O) groups excluding carboxylic acids is 1. The number of nitrogens with one attached hydrogen (secondary N) is 1. The molecule has 1 N–H and O–H groups in total. The van der Waals surface area contributed by atoms with Gasteiger partial charge in [0.1, 0.15) is 22.8 Å². The van der Waals surface area contributed by atoms with E-state index in [1.54, 1.807) is 28.1 Å². The van der Waals surface area contributed by atoms with Gasteiger partial charge in [-0.25, -0.2) is 4.98 Å². The molecule has 0 fully saturated rings. The van der Waals surface area contributed by atoms with Crippen molar-refractivity contribution in [2.45, 2.75) is 13.8 Å². The monoisotopic (exact) mass is 359 g/mol. The maximum Gasteiger partial charge on any atom is 0.262 e. The van der Waals surface area contributed by atoms with Gasteiger partial charge in [0.2, 0.25) is 0 Å². The summed E-state index contributed by atoms with van der Waals surface area (Å²) in [4.78, 5) is 16.9. The predicted molar refractivity (Wildman–Crippen MR) is 94.6 cm³/mol. The van der Waals surface area contributed by atoms with Crippen molar-refractivity contribution in [3.8, 4) is 22.8 Å². The summed E-state index contributed by atoms with van der Waals surface area (Å²) in [6.45, 7) is 3.42. The molecular formula is C17H17N3O4S. The third-order valence-electron chi connectivity index (χ3n) is 3.67. The molecular weight excluding hydrogens is 342 g/mol. The van der Waals surface area contributed by atoms with Gasteiger partial charge >= 0.3 is 0 Å². The molecule has 0 saturated carbocycles. The Morgan fingerprint density at radius 2 is 2.04 bits per heavy atom. The Kier molecular flexibility index (Phi) is 4.71. The van der Waals surface area contributed by atoms with Crippen LogP contribution in [0.25, 0.3) is 11.3 Å². The summed E-state index contributed by atoms with van der Waals surface area (Å²) in [7, 11) is 3.19. The lowest BCUT2D eigenvalue weighted by Crippen LogP contribution is -2.13. The fourth-order valence-electron chi connectivity index (χ4n) is 2.44. The van der Waals surface area contributed by atoms with Crippen molar-refractivity contribution in [1.82, 2.24) is 10.1 Å². The Morgan fingerprint density at radius 1 is 1.24 bits per heavy atom. The first-order chi connectivity index (χ1) is 12.0. The zero-order chi connectivity index (χ0) is 18.0. The van der Waals surface area contributed by atoms with Crippen molar-refractivity contribution in [2.24, 2.45) is 0 Å². The van der Waals surface area contributed by atoms with E-state index >= 15 is 0 Å². The summed E-state index contributed by atoms with van der Waals surface area (Å²) in [6.07, 6.45) is 0. The van der Waals surface area contributed by atoms with Crippen LogP contribution in [-0.2, 0) is 0 Å². The van der Waals surface area contributed by atoms with Gasteiger partial charge in [-0.3, -0.25) is 10.1 Å². The van der Waals surface area contributed by atoms with Crippen LogP contribution in [0, 0.1) is 13.8 Å². The highest BCUT2D eigenvalue weighted by molar-refractivity contribution is 7.14. The van der Waals surface area contributed by atoms with Gasteiger partial charge in [0, 0.05) is 10.9 Å².